The molecule has 0 aliphatic heterocycles. The van der Waals surface area contributed by atoms with Gasteiger partial charge in [-0.1, -0.05) is 123 Å². The molecule has 1 aliphatic carbocycles. The van der Waals surface area contributed by atoms with Crippen molar-refractivity contribution in [1.82, 2.24) is 4.98 Å². The van der Waals surface area contributed by atoms with E-state index in [-0.39, 0.29) is 5.41 Å². The lowest BCUT2D eigenvalue weighted by Gasteiger charge is -2.28. The van der Waals surface area contributed by atoms with E-state index in [1.54, 1.807) is 0 Å². The van der Waals surface area contributed by atoms with Gasteiger partial charge < -0.3 is 9.32 Å². The molecule has 56 heavy (non-hydrogen) atoms. The molecule has 0 saturated carbocycles. The quantitative estimate of drug-likeness (QED) is 0.169. The van der Waals surface area contributed by atoms with Crippen molar-refractivity contribution in [2.75, 3.05) is 4.90 Å². The zero-order valence-electron chi connectivity index (χ0n) is 30.9. The summed E-state index contributed by atoms with van der Waals surface area (Å²) < 4.78 is 9.05. The summed E-state index contributed by atoms with van der Waals surface area (Å²) >= 11 is 1.88. The van der Waals surface area contributed by atoms with Crippen LogP contribution in [0.25, 0.3) is 86.2 Å². The fourth-order valence-corrected chi connectivity index (χ4v) is 10.6. The highest BCUT2D eigenvalue weighted by Crippen LogP contribution is 2.51. The second kappa shape index (κ2) is 11.6. The fourth-order valence-electron chi connectivity index (χ4n) is 9.34. The van der Waals surface area contributed by atoms with Gasteiger partial charge in [0.25, 0.3) is 0 Å². The molecule has 0 fully saturated rings. The van der Waals surface area contributed by atoms with Crippen molar-refractivity contribution < 1.29 is 4.42 Å². The number of furan rings is 1. The molecule has 1 aliphatic rings. The molecule has 3 nitrogen and oxygen atoms in total. The summed E-state index contributed by atoms with van der Waals surface area (Å²) in [5.41, 5.74) is 13.3. The summed E-state index contributed by atoms with van der Waals surface area (Å²) in [7, 11) is 0. The van der Waals surface area contributed by atoms with E-state index in [0.717, 1.165) is 55.8 Å². The monoisotopic (exact) mass is 734 g/mol. The summed E-state index contributed by atoms with van der Waals surface area (Å²) in [6.45, 7) is 4.68. The van der Waals surface area contributed by atoms with Crippen LogP contribution in [0.2, 0.25) is 0 Å². The summed E-state index contributed by atoms with van der Waals surface area (Å²) in [5, 5.41) is 8.49. The van der Waals surface area contributed by atoms with E-state index >= 15 is 0 Å². The van der Waals surface area contributed by atoms with E-state index in [4.69, 9.17) is 9.40 Å². The van der Waals surface area contributed by atoms with Crippen LogP contribution in [0.3, 0.4) is 0 Å². The van der Waals surface area contributed by atoms with Crippen LogP contribution in [0.15, 0.2) is 174 Å². The van der Waals surface area contributed by atoms with Gasteiger partial charge in [0.1, 0.15) is 11.2 Å². The number of hydrogen-bond donors (Lipinski definition) is 0. The molecular weight excluding hydrogens is 701 g/mol. The Morgan fingerprint density at radius 2 is 1.14 bits per heavy atom. The third-order valence-corrected chi connectivity index (χ3v) is 13.3. The van der Waals surface area contributed by atoms with Crippen molar-refractivity contribution in [3.63, 3.8) is 0 Å². The molecule has 0 spiro atoms. The summed E-state index contributed by atoms with van der Waals surface area (Å²) in [5.74, 6) is 0. The highest BCUT2D eigenvalue weighted by molar-refractivity contribution is 7.26. The average molecular weight is 735 g/mol. The molecule has 0 amide bonds. The largest absolute Gasteiger partial charge is 0.456 e. The minimum atomic E-state index is -0.122. The van der Waals surface area contributed by atoms with Gasteiger partial charge in [0.05, 0.1) is 11.2 Å². The Kier molecular flexibility index (Phi) is 6.56. The number of anilines is 3. The summed E-state index contributed by atoms with van der Waals surface area (Å²) in [6.07, 6.45) is 0. The van der Waals surface area contributed by atoms with Crippen LogP contribution < -0.4 is 4.90 Å². The number of hydrogen-bond acceptors (Lipinski definition) is 4. The van der Waals surface area contributed by atoms with Gasteiger partial charge in [-0.15, -0.1) is 11.3 Å². The molecule has 3 heterocycles. The normalized spacial score (nSPS) is 13.3. The molecule has 12 rings (SSSR count). The van der Waals surface area contributed by atoms with E-state index in [2.05, 4.69) is 176 Å². The van der Waals surface area contributed by atoms with Crippen LogP contribution in [-0.4, -0.2) is 4.98 Å². The second-order valence-electron chi connectivity index (χ2n) is 15.5. The number of benzene rings is 8. The first-order valence-electron chi connectivity index (χ1n) is 19.2. The SMILES string of the molecule is CC1(C)c2ccccc2-c2ccc(N(c3ccc(-c4nc5ccccc5c5c4ccc4c6ccccc6sc45)cc3)c3ccc4c(c3)oc3ccccc34)cc21. The Bertz CT molecular complexity index is 3410. The first kappa shape index (κ1) is 31.6. The maximum atomic E-state index is 6.43. The highest BCUT2D eigenvalue weighted by atomic mass is 32.1. The van der Waals surface area contributed by atoms with Gasteiger partial charge in [-0.05, 0) is 76.9 Å². The van der Waals surface area contributed by atoms with E-state index in [1.165, 1.54) is 58.6 Å². The minimum Gasteiger partial charge on any atom is -0.456 e. The van der Waals surface area contributed by atoms with Gasteiger partial charge in [0.15, 0.2) is 0 Å². The maximum absolute atomic E-state index is 6.43. The molecule has 3 aromatic heterocycles. The average Bonchev–Trinajstić information content (AvgIpc) is 3.88. The maximum Gasteiger partial charge on any atom is 0.137 e. The van der Waals surface area contributed by atoms with E-state index in [1.807, 2.05) is 23.5 Å². The van der Waals surface area contributed by atoms with Gasteiger partial charge in [-0.3, -0.25) is 0 Å². The molecule has 0 N–H and O–H groups in total. The Morgan fingerprint density at radius 1 is 0.500 bits per heavy atom. The smallest absolute Gasteiger partial charge is 0.137 e. The molecule has 0 unspecified atom stereocenters. The number of para-hydroxylation sites is 2. The predicted octanol–water partition coefficient (Wildman–Crippen LogP) is 15.1. The van der Waals surface area contributed by atoms with Crippen molar-refractivity contribution in [3.05, 3.63) is 181 Å². The molecule has 4 heteroatoms. The number of pyridine rings is 1. The molecular formula is C52H34N2OS. The van der Waals surface area contributed by atoms with Crippen LogP contribution in [0.4, 0.5) is 17.1 Å². The molecule has 0 atom stereocenters. The topological polar surface area (TPSA) is 29.3 Å². The molecule has 11 aromatic rings. The van der Waals surface area contributed by atoms with Crippen molar-refractivity contribution >= 4 is 92.2 Å². The van der Waals surface area contributed by atoms with Crippen molar-refractivity contribution in [2.45, 2.75) is 19.3 Å². The van der Waals surface area contributed by atoms with E-state index in [9.17, 15) is 0 Å². The fraction of sp³-hybridized carbons (Fsp3) is 0.0577. The third kappa shape index (κ3) is 4.48. The predicted molar refractivity (Wildman–Crippen MR) is 237 cm³/mol. The number of aromatic nitrogens is 1. The number of rotatable bonds is 4. The Labute approximate surface area is 327 Å². The third-order valence-electron chi connectivity index (χ3n) is 12.1. The lowest BCUT2D eigenvalue weighted by molar-refractivity contribution is 0.660. The Hall–Kier alpha value is -6.75. The van der Waals surface area contributed by atoms with Gasteiger partial charge in [-0.25, -0.2) is 4.98 Å². The van der Waals surface area contributed by atoms with E-state index in [0.29, 0.717) is 0 Å². The van der Waals surface area contributed by atoms with Gasteiger partial charge in [0.2, 0.25) is 0 Å². The number of fused-ring (bicyclic) bond motifs is 13. The highest BCUT2D eigenvalue weighted by Gasteiger charge is 2.35. The van der Waals surface area contributed by atoms with Gasteiger partial charge in [-0.2, -0.15) is 0 Å². The molecule has 0 radical (unpaired) electrons. The van der Waals surface area contributed by atoms with Crippen LogP contribution in [0.1, 0.15) is 25.0 Å². The molecule has 0 saturated heterocycles. The standard InChI is InChI=1S/C52H34N2OS/c1-52(2)43-15-7-3-11-35(43)36-25-23-33(29-44(36)52)54(34-24-26-38-37-12-5-9-17-46(37)55-47(38)30-34)32-21-19-31(20-22-32)50-42-28-27-40-39-13-6-10-18-48(39)56-51(40)49(42)41-14-4-8-16-45(41)53-50/h3-30H,1-2H3. The van der Waals surface area contributed by atoms with Crippen LogP contribution in [0.5, 0.6) is 0 Å². The van der Waals surface area contributed by atoms with Gasteiger partial charge in [0, 0.05) is 81.2 Å². The Balaban J connectivity index is 1.04. The molecule has 0 bridgehead atoms. The van der Waals surface area contributed by atoms with Crippen molar-refractivity contribution in [3.8, 4) is 22.4 Å². The summed E-state index contributed by atoms with van der Waals surface area (Å²) in [6, 6.07) is 61.5. The molecule has 8 aromatic carbocycles. The first-order chi connectivity index (χ1) is 27.5. The molecule has 264 valence electrons. The first-order valence-corrected chi connectivity index (χ1v) is 20.0. The second-order valence-corrected chi connectivity index (χ2v) is 16.6. The summed E-state index contributed by atoms with van der Waals surface area (Å²) in [4.78, 5) is 7.70. The van der Waals surface area contributed by atoms with Crippen molar-refractivity contribution in [1.29, 1.82) is 0 Å². The van der Waals surface area contributed by atoms with Crippen LogP contribution in [0, 0.1) is 0 Å². The van der Waals surface area contributed by atoms with Crippen LogP contribution in [-0.2, 0) is 5.41 Å². The minimum absolute atomic E-state index is 0.122. The zero-order valence-corrected chi connectivity index (χ0v) is 31.7. The lowest BCUT2D eigenvalue weighted by atomic mass is 9.82. The Morgan fingerprint density at radius 3 is 2.04 bits per heavy atom. The van der Waals surface area contributed by atoms with Gasteiger partial charge >= 0.3 is 0 Å². The number of nitrogens with zero attached hydrogens (tertiary/aromatic N) is 2. The number of thiophene rings is 1. The van der Waals surface area contributed by atoms with Crippen molar-refractivity contribution in [2.24, 2.45) is 0 Å². The van der Waals surface area contributed by atoms with E-state index < -0.39 is 0 Å². The zero-order chi connectivity index (χ0) is 37.1. The lowest BCUT2D eigenvalue weighted by Crippen LogP contribution is -2.16. The van der Waals surface area contributed by atoms with Crippen LogP contribution >= 0.6 is 11.3 Å².